The Hall–Kier alpha value is -1.27. The second-order valence-corrected chi connectivity index (χ2v) is 13.2. The van der Waals surface area contributed by atoms with Crippen LogP contribution in [0.5, 0.6) is 0 Å². The van der Waals surface area contributed by atoms with Crippen molar-refractivity contribution in [3.05, 3.63) is 0 Å². The summed E-state index contributed by atoms with van der Waals surface area (Å²) >= 11 is 0. The maximum absolute atomic E-state index is 13.5. The molecule has 0 spiro atoms. The topological polar surface area (TPSA) is 101 Å². The van der Waals surface area contributed by atoms with Gasteiger partial charge < -0.3 is 14.9 Å². The molecule has 0 aliphatic rings. The van der Waals surface area contributed by atoms with Crippen molar-refractivity contribution < 1.29 is 32.1 Å². The second kappa shape index (κ2) is 26.0. The number of ketones is 2. The molecule has 254 valence electrons. The van der Waals surface area contributed by atoms with Gasteiger partial charge in [-0.3, -0.25) is 9.59 Å². The van der Waals surface area contributed by atoms with Crippen molar-refractivity contribution in [3.63, 3.8) is 0 Å². The van der Waals surface area contributed by atoms with E-state index in [0.29, 0.717) is 26.6 Å². The molecular weight excluding hydrogens is 540 g/mol. The van der Waals surface area contributed by atoms with Gasteiger partial charge in [-0.05, 0) is 12.8 Å². The van der Waals surface area contributed by atoms with E-state index in [1.54, 1.807) is 0 Å². The van der Waals surface area contributed by atoms with Crippen LogP contribution in [-0.4, -0.2) is 46.6 Å². The van der Waals surface area contributed by atoms with Crippen molar-refractivity contribution in [1.29, 1.82) is 0 Å². The first-order valence-corrected chi connectivity index (χ1v) is 17.7. The largest absolute Gasteiger partial charge is 0.467 e. The third-order valence-corrected chi connectivity index (χ3v) is 9.16. The molecule has 2 N–H and O–H groups in total. The van der Waals surface area contributed by atoms with E-state index in [0.717, 1.165) is 84.2 Å². The van der Waals surface area contributed by atoms with E-state index in [1.165, 1.54) is 78.1 Å². The zero-order chi connectivity index (χ0) is 33.8. The number of esters is 1. The Balaban J connectivity index is 4.62. The highest BCUT2D eigenvalue weighted by Gasteiger charge is 2.59. The average molecular weight is 613 g/mol. The Bertz CT molecular complexity index is 715. The minimum Gasteiger partial charge on any atom is -0.467 e. The zero-order valence-electron chi connectivity index (χ0n) is 30.4. The van der Waals surface area contributed by atoms with Crippen molar-refractivity contribution in [1.82, 2.24) is 0 Å². The van der Waals surface area contributed by atoms with Gasteiger partial charge in [-0.2, -0.15) is 0 Å². The standard InChI is InChI=1S/C37H70O6/c1-6-8-10-12-14-16-18-20-22-24-26-28-30-32(38)37(42,36(3,4)34(40)35(41)43-5)33(39)31-29-27-25-23-21-19-17-15-13-11-9-7-2/h34,40,42H,6-31H2,1-5H3/t34-/m0/s1/i1D,2D. The first kappa shape index (κ1) is 37.9. The van der Waals surface area contributed by atoms with Crippen LogP contribution >= 0.6 is 0 Å². The molecule has 43 heavy (non-hydrogen) atoms. The predicted molar refractivity (Wildman–Crippen MR) is 178 cm³/mol. The summed E-state index contributed by atoms with van der Waals surface area (Å²) in [4.78, 5) is 39.1. The smallest absolute Gasteiger partial charge is 0.335 e. The fraction of sp³-hybridized carbons (Fsp3) is 0.919. The minimum atomic E-state index is -2.46. The van der Waals surface area contributed by atoms with E-state index in [-0.39, 0.29) is 12.8 Å². The molecule has 0 aromatic rings. The summed E-state index contributed by atoms with van der Waals surface area (Å²) < 4.78 is 19.0. The molecule has 0 saturated carbocycles. The zero-order valence-corrected chi connectivity index (χ0v) is 28.4. The third kappa shape index (κ3) is 17.1. The molecule has 0 aliphatic carbocycles. The van der Waals surface area contributed by atoms with E-state index >= 15 is 0 Å². The van der Waals surface area contributed by atoms with Gasteiger partial charge in [0.15, 0.2) is 23.3 Å². The first-order chi connectivity index (χ1) is 21.6. The van der Waals surface area contributed by atoms with Crippen LogP contribution in [0.25, 0.3) is 0 Å². The number of methoxy groups -OCH3 is 1. The first-order valence-electron chi connectivity index (χ1n) is 19.2. The van der Waals surface area contributed by atoms with Crippen molar-refractivity contribution >= 4 is 17.5 Å². The van der Waals surface area contributed by atoms with Gasteiger partial charge >= 0.3 is 5.97 Å². The lowest BCUT2D eigenvalue weighted by atomic mass is 9.65. The van der Waals surface area contributed by atoms with E-state index < -0.39 is 34.7 Å². The van der Waals surface area contributed by atoms with Gasteiger partial charge in [-0.25, -0.2) is 4.79 Å². The summed E-state index contributed by atoms with van der Waals surface area (Å²) in [5, 5.41) is 22.4. The van der Waals surface area contributed by atoms with Crippen LogP contribution in [0.4, 0.5) is 0 Å². The van der Waals surface area contributed by atoms with E-state index in [2.05, 4.69) is 4.74 Å². The Kier molecular flexibility index (Phi) is 22.9. The van der Waals surface area contributed by atoms with Crippen molar-refractivity contribution in [2.75, 3.05) is 7.11 Å². The molecule has 0 bridgehead atoms. The SMILES string of the molecule is [2H]CCCCCCCCCCCCCCC(=O)C(O)(C(=O)CCCCCCCCCCCCCC[2H])C(C)(C)[C@@H](O)C(=O)OC. The fourth-order valence-electron chi connectivity index (χ4n) is 5.95. The van der Waals surface area contributed by atoms with Gasteiger partial charge in [0.05, 0.1) is 7.11 Å². The molecule has 6 heteroatoms. The molecule has 0 saturated heterocycles. The molecule has 0 rings (SSSR count). The predicted octanol–water partition coefficient (Wildman–Crippen LogP) is 9.60. The summed E-state index contributed by atoms with van der Waals surface area (Å²) in [5.41, 5.74) is -4.18. The summed E-state index contributed by atoms with van der Waals surface area (Å²) in [6, 6.07) is 0. The lowest BCUT2D eigenvalue weighted by Gasteiger charge is -2.42. The van der Waals surface area contributed by atoms with Crippen LogP contribution < -0.4 is 0 Å². The number of rotatable bonds is 31. The molecule has 0 aliphatic heterocycles. The van der Waals surface area contributed by atoms with E-state index in [4.69, 9.17) is 2.74 Å². The van der Waals surface area contributed by atoms with Crippen LogP contribution in [0.1, 0.15) is 197 Å². The molecule has 0 unspecified atom stereocenters. The van der Waals surface area contributed by atoms with Crippen LogP contribution in [0.3, 0.4) is 0 Å². The van der Waals surface area contributed by atoms with Gasteiger partial charge in [0.1, 0.15) is 0 Å². The highest BCUT2D eigenvalue weighted by atomic mass is 16.5. The molecule has 0 fully saturated rings. The maximum atomic E-state index is 13.5. The van der Waals surface area contributed by atoms with Crippen molar-refractivity contribution in [3.8, 4) is 0 Å². The fourth-order valence-corrected chi connectivity index (χ4v) is 5.95. The Labute approximate surface area is 268 Å². The summed E-state index contributed by atoms with van der Waals surface area (Å²) in [6.07, 6.45) is 24.2. The molecule has 0 aromatic carbocycles. The monoisotopic (exact) mass is 613 g/mol. The van der Waals surface area contributed by atoms with E-state index in [1.807, 2.05) is 0 Å². The van der Waals surface area contributed by atoms with Crippen molar-refractivity contribution in [2.24, 2.45) is 5.41 Å². The Morgan fingerprint density at radius 2 is 0.860 bits per heavy atom. The summed E-state index contributed by atoms with van der Waals surface area (Å²) in [7, 11) is 1.13. The lowest BCUT2D eigenvalue weighted by Crippen LogP contribution is -2.63. The normalized spacial score (nSPS) is 13.4. The second-order valence-electron chi connectivity index (χ2n) is 13.2. The minimum absolute atomic E-state index is 0.0299. The number of ether oxygens (including phenoxy) is 1. The molecule has 0 heterocycles. The molecule has 0 radical (unpaired) electrons. The summed E-state index contributed by atoms with van der Waals surface area (Å²) in [6.45, 7) is 3.86. The van der Waals surface area contributed by atoms with Crippen LogP contribution in [0, 0.1) is 5.41 Å². The maximum Gasteiger partial charge on any atom is 0.335 e. The Morgan fingerprint density at radius 3 is 1.14 bits per heavy atom. The molecule has 1 atom stereocenters. The summed E-state index contributed by atoms with van der Waals surface area (Å²) in [5.74, 6) is -2.21. The number of aliphatic hydroxyl groups is 2. The third-order valence-electron chi connectivity index (χ3n) is 9.16. The van der Waals surface area contributed by atoms with E-state index in [9.17, 15) is 24.6 Å². The van der Waals surface area contributed by atoms with Gasteiger partial charge in [-0.1, -0.05) is 169 Å². The highest BCUT2D eigenvalue weighted by Crippen LogP contribution is 2.39. The number of hydrogen-bond acceptors (Lipinski definition) is 6. The molecule has 6 nitrogen and oxygen atoms in total. The average Bonchev–Trinajstić information content (AvgIpc) is 3.03. The van der Waals surface area contributed by atoms with Gasteiger partial charge in [0.25, 0.3) is 0 Å². The quantitative estimate of drug-likeness (QED) is 0.0459. The van der Waals surface area contributed by atoms with Gasteiger partial charge in [-0.15, -0.1) is 0 Å². The molecular formula is C37H70O6. The van der Waals surface area contributed by atoms with Crippen LogP contribution in [0.15, 0.2) is 0 Å². The number of carbonyl (C=O) groups excluding carboxylic acids is 3. The number of carbonyl (C=O) groups is 3. The van der Waals surface area contributed by atoms with Crippen molar-refractivity contribution in [2.45, 2.75) is 206 Å². The van der Waals surface area contributed by atoms with Gasteiger partial charge in [0, 0.05) is 21.0 Å². The molecule has 0 amide bonds. The number of unbranched alkanes of at least 4 members (excludes halogenated alkanes) is 22. The van der Waals surface area contributed by atoms with Gasteiger partial charge in [0.2, 0.25) is 0 Å². The number of aliphatic hydroxyl groups excluding tert-OH is 1. The number of Topliss-reactive ketones (excluding diaryl/α,β-unsaturated/α-hetero) is 2. The highest BCUT2D eigenvalue weighted by molar-refractivity contribution is 6.11. The molecule has 0 aromatic heterocycles. The lowest BCUT2D eigenvalue weighted by molar-refractivity contribution is -0.184. The van der Waals surface area contributed by atoms with Crippen LogP contribution in [0.2, 0.25) is 0 Å². The Morgan fingerprint density at radius 1 is 0.581 bits per heavy atom. The number of hydrogen-bond donors (Lipinski definition) is 2. The van der Waals surface area contributed by atoms with Crippen LogP contribution in [-0.2, 0) is 19.1 Å².